The van der Waals surface area contributed by atoms with Gasteiger partial charge in [-0.05, 0) is 83.0 Å². The minimum Gasteiger partial charge on any atom is -0.379 e. The van der Waals surface area contributed by atoms with Crippen LogP contribution < -0.4 is 53.2 Å². The van der Waals surface area contributed by atoms with Gasteiger partial charge in [0.1, 0.15) is 0 Å². The average Bonchev–Trinajstić information content (AvgIpc) is 4.07. The molecule has 4 aliphatic rings. The van der Waals surface area contributed by atoms with Crippen LogP contribution in [0.25, 0.3) is 0 Å². The first-order valence-corrected chi connectivity index (χ1v) is 32.2. The van der Waals surface area contributed by atoms with E-state index in [9.17, 15) is 33.6 Å². The maximum Gasteiger partial charge on any atom is 0.315 e. The summed E-state index contributed by atoms with van der Waals surface area (Å²) < 4.78 is 60.9. The van der Waals surface area contributed by atoms with Gasteiger partial charge in [0.2, 0.25) is 17.7 Å². The number of carbonyl (C=O) groups is 7. The highest BCUT2D eigenvalue weighted by atomic mass is 16.6. The topological polar surface area (TPSA) is 341 Å². The normalized spacial score (nSPS) is 18.8. The lowest BCUT2D eigenvalue weighted by Crippen LogP contribution is -2.37. The Bertz CT molecular complexity index is 2010. The van der Waals surface area contributed by atoms with Gasteiger partial charge in [-0.25, -0.2) is 9.59 Å². The van der Waals surface area contributed by atoms with Crippen LogP contribution in [0.4, 0.5) is 15.3 Å². The second kappa shape index (κ2) is 49.3. The van der Waals surface area contributed by atoms with Crippen molar-refractivity contribution in [3.05, 3.63) is 29.3 Å². The van der Waals surface area contributed by atoms with Crippen molar-refractivity contribution in [1.82, 2.24) is 47.9 Å². The van der Waals surface area contributed by atoms with Gasteiger partial charge in [0.15, 0.2) is 0 Å². The lowest BCUT2D eigenvalue weighted by molar-refractivity contribution is -0.122. The van der Waals surface area contributed by atoms with E-state index in [4.69, 9.17) is 52.1 Å². The summed E-state index contributed by atoms with van der Waals surface area (Å²) in [5.41, 5.74) is 0.778. The number of fused-ring (bicyclic) bond motifs is 2. The smallest absolute Gasteiger partial charge is 0.315 e. The molecule has 6 atom stereocenters. The average molecular weight is 1270 g/mol. The van der Waals surface area contributed by atoms with Crippen LogP contribution >= 0.6 is 0 Å². The van der Waals surface area contributed by atoms with E-state index in [0.717, 1.165) is 51.6 Å². The van der Waals surface area contributed by atoms with Crippen LogP contribution in [-0.4, -0.2) is 243 Å². The van der Waals surface area contributed by atoms with E-state index in [1.165, 1.54) is 38.0 Å². The molecule has 89 heavy (non-hydrogen) atoms. The van der Waals surface area contributed by atoms with Gasteiger partial charge in [0.05, 0.1) is 136 Å². The third-order valence-corrected chi connectivity index (χ3v) is 14.4. The van der Waals surface area contributed by atoms with E-state index in [1.807, 2.05) is 7.05 Å². The summed E-state index contributed by atoms with van der Waals surface area (Å²) in [7, 11) is 1.85. The number of benzene rings is 1. The number of urea groups is 2. The van der Waals surface area contributed by atoms with Crippen LogP contribution in [0.3, 0.4) is 0 Å². The van der Waals surface area contributed by atoms with Gasteiger partial charge in [-0.3, -0.25) is 29.3 Å². The molecule has 28 heteroatoms. The number of nitrogens with one attached hydrogen (secondary N) is 10. The van der Waals surface area contributed by atoms with Crippen molar-refractivity contribution in [3.8, 4) is 0 Å². The summed E-state index contributed by atoms with van der Waals surface area (Å²) in [6, 6.07) is 4.34. The van der Waals surface area contributed by atoms with Crippen molar-refractivity contribution in [3.63, 3.8) is 0 Å². The number of rotatable bonds is 53. The second-order valence-corrected chi connectivity index (χ2v) is 21.9. The maximum atomic E-state index is 13.0. The number of unbranched alkanes of at least 4 members (excludes halogenated alkanes) is 4. The lowest BCUT2D eigenvalue weighted by atomic mass is 10.0. The van der Waals surface area contributed by atoms with Gasteiger partial charge in [0.25, 0.3) is 11.8 Å². The Morgan fingerprint density at radius 3 is 1.21 bits per heavy atom. The molecule has 0 radical (unpaired) electrons. The molecule has 508 valence electrons. The van der Waals surface area contributed by atoms with E-state index < -0.39 is 11.8 Å². The van der Waals surface area contributed by atoms with Crippen molar-refractivity contribution in [2.24, 2.45) is 0 Å². The molecular weight excluding hydrogens is 1160 g/mol. The summed E-state index contributed by atoms with van der Waals surface area (Å²) >= 11 is 0. The quantitative estimate of drug-likeness (QED) is 0.0331. The van der Waals surface area contributed by atoms with Gasteiger partial charge in [-0.2, -0.15) is 0 Å². The summed E-state index contributed by atoms with van der Waals surface area (Å²) in [4.78, 5) is 85.1. The predicted octanol–water partition coefficient (Wildman–Crippen LogP) is 2.42. The standard InChI is InChI=1S/C50H81N9O15.C11H25NO3/c1-35(60)55-38-31-36(47(63)53-16-8-20-69-24-28-71-26-22-67-18-6-14-51-43(61)12-4-2-10-41-45-39(33-73-41)56-49(65)58-45)30-37(32-38)48(64)54-17-9-21-70-25-29-72-27-23-68-19-7-15-52-44(62)13-5-3-11-42-46-40(34-74-42)57-50(66)59-46;1-3-4-5-6-13-7-8-14-9-10-15-11-12-2/h30-32,39-42,45-46H,2-29,33-34H2,1H3,(H,51,61)(H,52,62)(H,53,63)(H,54,64)(H,55,60)(H2,56,58,65)(H2,57,59,66);12H,3-11H2,1-2H3. The Balaban J connectivity index is 0.000000992. The van der Waals surface area contributed by atoms with Gasteiger partial charge < -0.3 is 100.0 Å². The van der Waals surface area contributed by atoms with E-state index in [0.29, 0.717) is 196 Å². The first kappa shape index (κ1) is 76.1. The number of carbonyl (C=O) groups excluding carboxylic acids is 7. The molecule has 4 fully saturated rings. The van der Waals surface area contributed by atoms with E-state index in [1.54, 1.807) is 0 Å². The van der Waals surface area contributed by atoms with Crippen LogP contribution in [0.5, 0.6) is 0 Å². The van der Waals surface area contributed by atoms with Crippen molar-refractivity contribution < 1.29 is 85.7 Å². The Morgan fingerprint density at radius 2 is 0.831 bits per heavy atom. The second-order valence-electron chi connectivity index (χ2n) is 21.9. The van der Waals surface area contributed by atoms with E-state index in [-0.39, 0.29) is 77.3 Å². The van der Waals surface area contributed by atoms with Gasteiger partial charge in [0, 0.05) is 95.8 Å². The van der Waals surface area contributed by atoms with Gasteiger partial charge >= 0.3 is 12.1 Å². The van der Waals surface area contributed by atoms with Crippen LogP contribution in [0.2, 0.25) is 0 Å². The number of hydrogen-bond donors (Lipinski definition) is 10. The lowest BCUT2D eigenvalue weighted by Gasteiger charge is -2.16. The van der Waals surface area contributed by atoms with Crippen LogP contribution in [0.1, 0.15) is 131 Å². The van der Waals surface area contributed by atoms with E-state index in [2.05, 4.69) is 60.1 Å². The highest BCUT2D eigenvalue weighted by molar-refractivity contribution is 6.02. The number of hydrogen-bond acceptors (Lipinski definition) is 19. The first-order valence-electron chi connectivity index (χ1n) is 32.2. The Kier molecular flexibility index (Phi) is 42.2. The SMILES string of the molecule is CC(=O)Nc1cc(C(=O)NCCCOCCOCCOCCCNC(=O)CCCCC2OCC3NC(=O)NC32)cc(C(=O)NCCCOCCOCCOCCCNC(=O)CCCCC2OCC3NC(=O)NC32)c1.CCCCCOCCOCCOCNC. The molecule has 0 saturated carbocycles. The van der Waals surface area contributed by atoms with Crippen LogP contribution in [0, 0.1) is 0 Å². The molecule has 1 aromatic carbocycles. The number of amides is 9. The summed E-state index contributed by atoms with van der Waals surface area (Å²) in [5, 5.41) is 28.5. The molecule has 4 saturated heterocycles. The monoisotopic (exact) mass is 1270 g/mol. The fourth-order valence-electron chi connectivity index (χ4n) is 9.80. The Morgan fingerprint density at radius 1 is 0.461 bits per heavy atom. The molecule has 6 unspecified atom stereocenters. The molecule has 28 nitrogen and oxygen atoms in total. The predicted molar refractivity (Wildman–Crippen MR) is 331 cm³/mol. The number of ether oxygens (including phenoxy) is 11. The first-order chi connectivity index (χ1) is 43.5. The van der Waals surface area contributed by atoms with Gasteiger partial charge in [-0.1, -0.05) is 32.6 Å². The summed E-state index contributed by atoms with van der Waals surface area (Å²) in [5.74, 6) is -1.10. The molecule has 10 N–H and O–H groups in total. The fraction of sp³-hybridized carbons (Fsp3) is 0.787. The molecule has 4 aliphatic heterocycles. The molecule has 0 spiro atoms. The zero-order chi connectivity index (χ0) is 63.8. The minimum atomic E-state index is -0.395. The zero-order valence-electron chi connectivity index (χ0n) is 53.1. The molecule has 0 aliphatic carbocycles. The zero-order valence-corrected chi connectivity index (χ0v) is 53.1. The van der Waals surface area contributed by atoms with Crippen molar-refractivity contribution in [2.45, 2.75) is 147 Å². The number of anilines is 1. The molecule has 9 amide bonds. The van der Waals surface area contributed by atoms with Crippen molar-refractivity contribution in [2.75, 3.05) is 171 Å². The third-order valence-electron chi connectivity index (χ3n) is 14.4. The summed E-state index contributed by atoms with van der Waals surface area (Å²) in [6.07, 6.45) is 11.9. The Labute approximate surface area is 525 Å². The summed E-state index contributed by atoms with van der Waals surface area (Å²) in [6.45, 7) is 15.4. The highest BCUT2D eigenvalue weighted by Gasteiger charge is 2.44. The van der Waals surface area contributed by atoms with E-state index >= 15 is 0 Å². The minimum absolute atomic E-state index is 0.00554. The maximum absolute atomic E-state index is 13.0. The highest BCUT2D eigenvalue weighted by Crippen LogP contribution is 2.24. The molecular formula is C61H106N10O18. The van der Waals surface area contributed by atoms with Crippen LogP contribution in [-0.2, 0) is 66.5 Å². The molecule has 0 aromatic heterocycles. The molecule has 0 bridgehead atoms. The van der Waals surface area contributed by atoms with Crippen molar-refractivity contribution >= 4 is 47.3 Å². The molecule has 4 heterocycles. The third kappa shape index (κ3) is 35.7. The Hall–Kier alpha value is -5.37. The van der Waals surface area contributed by atoms with Gasteiger partial charge in [-0.15, -0.1) is 0 Å². The van der Waals surface area contributed by atoms with Crippen LogP contribution in [0.15, 0.2) is 18.2 Å². The largest absolute Gasteiger partial charge is 0.379 e. The van der Waals surface area contributed by atoms with Crippen molar-refractivity contribution in [1.29, 1.82) is 0 Å². The molecule has 5 rings (SSSR count). The molecule has 1 aromatic rings. The fourth-order valence-corrected chi connectivity index (χ4v) is 9.80.